The Morgan fingerprint density at radius 3 is 2.72 bits per heavy atom. The number of nitrogens with one attached hydrogen (secondary N) is 1. The second-order valence-corrected chi connectivity index (χ2v) is 6.15. The minimum Gasteiger partial charge on any atom is -0.494 e. The van der Waals surface area contributed by atoms with Gasteiger partial charge in [-0.2, -0.15) is 5.10 Å². The fraction of sp³-hybridized carbons (Fsp3) is 0.222. The predicted octanol–water partition coefficient (Wildman–Crippen LogP) is 3.73. The maximum atomic E-state index is 12.1. The fourth-order valence-electron chi connectivity index (χ4n) is 2.18. The number of hydrogen-bond donors (Lipinski definition) is 1. The molecule has 25 heavy (non-hydrogen) atoms. The van der Waals surface area contributed by atoms with E-state index in [4.69, 9.17) is 14.2 Å². The number of hydrogen-bond acceptors (Lipinski definition) is 5. The highest BCUT2D eigenvalue weighted by Gasteiger charge is 2.15. The Bertz CT molecular complexity index is 790. The molecule has 6 nitrogen and oxygen atoms in total. The van der Waals surface area contributed by atoms with Gasteiger partial charge in [0.25, 0.3) is 5.91 Å². The molecule has 0 aliphatic carbocycles. The molecule has 0 aromatic heterocycles. The van der Waals surface area contributed by atoms with Crippen molar-refractivity contribution in [3.63, 3.8) is 0 Å². The largest absolute Gasteiger partial charge is 0.494 e. The number of halogens is 1. The molecule has 2 aromatic rings. The summed E-state index contributed by atoms with van der Waals surface area (Å²) >= 11 is 3.44. The summed E-state index contributed by atoms with van der Waals surface area (Å²) in [6, 6.07) is 10.5. The summed E-state index contributed by atoms with van der Waals surface area (Å²) < 4.78 is 16.9. The number of carbonyl (C=O) groups is 1. The summed E-state index contributed by atoms with van der Waals surface area (Å²) in [5.41, 5.74) is 3.78. The van der Waals surface area contributed by atoms with Crippen molar-refractivity contribution in [2.75, 3.05) is 13.4 Å². The van der Waals surface area contributed by atoms with Crippen LogP contribution >= 0.6 is 15.9 Å². The van der Waals surface area contributed by atoms with E-state index in [-0.39, 0.29) is 12.7 Å². The third kappa shape index (κ3) is 4.30. The zero-order valence-electron chi connectivity index (χ0n) is 13.6. The van der Waals surface area contributed by atoms with Gasteiger partial charge < -0.3 is 14.2 Å². The lowest BCUT2D eigenvalue weighted by Crippen LogP contribution is -2.17. The molecule has 1 amide bonds. The Hall–Kier alpha value is -2.54. The number of hydrazone groups is 1. The van der Waals surface area contributed by atoms with Crippen molar-refractivity contribution < 1.29 is 19.0 Å². The van der Waals surface area contributed by atoms with Crippen molar-refractivity contribution >= 4 is 28.1 Å². The van der Waals surface area contributed by atoms with Gasteiger partial charge in [-0.25, -0.2) is 5.43 Å². The average Bonchev–Trinajstić information content (AvgIpc) is 3.07. The Kier molecular flexibility index (Phi) is 5.55. The first-order valence-corrected chi connectivity index (χ1v) is 8.62. The van der Waals surface area contributed by atoms with Gasteiger partial charge in [0.15, 0.2) is 11.5 Å². The lowest BCUT2D eigenvalue weighted by atomic mass is 10.2. The summed E-state index contributed by atoms with van der Waals surface area (Å²) in [7, 11) is 0. The summed E-state index contributed by atoms with van der Waals surface area (Å²) in [5.74, 6) is 1.78. The molecule has 0 fully saturated rings. The molecule has 1 aliphatic heterocycles. The van der Waals surface area contributed by atoms with E-state index in [0.717, 1.165) is 22.2 Å². The van der Waals surface area contributed by atoms with E-state index in [2.05, 4.69) is 26.5 Å². The van der Waals surface area contributed by atoms with Crippen LogP contribution in [0.3, 0.4) is 0 Å². The number of fused-ring (bicyclic) bond motifs is 1. The molecule has 0 saturated carbocycles. The molecule has 3 rings (SSSR count). The van der Waals surface area contributed by atoms with Crippen LogP contribution in [0.4, 0.5) is 0 Å². The first kappa shape index (κ1) is 17.3. The Balaban J connectivity index is 1.61. The van der Waals surface area contributed by atoms with E-state index >= 15 is 0 Å². The third-order valence-electron chi connectivity index (χ3n) is 3.45. The summed E-state index contributed by atoms with van der Waals surface area (Å²) in [4.78, 5) is 12.1. The number of rotatable bonds is 6. The van der Waals surface area contributed by atoms with Crippen molar-refractivity contribution in [2.24, 2.45) is 5.10 Å². The highest BCUT2D eigenvalue weighted by molar-refractivity contribution is 9.10. The minimum absolute atomic E-state index is 0.205. The molecule has 1 N–H and O–H groups in total. The molecule has 2 aromatic carbocycles. The van der Waals surface area contributed by atoms with Crippen LogP contribution in [0.5, 0.6) is 17.2 Å². The van der Waals surface area contributed by atoms with Crippen LogP contribution in [-0.4, -0.2) is 25.5 Å². The molecular formula is C18H17BrN2O4. The second-order valence-electron chi connectivity index (χ2n) is 5.30. The Morgan fingerprint density at radius 1 is 1.28 bits per heavy atom. The van der Waals surface area contributed by atoms with Crippen LogP contribution in [0, 0.1) is 0 Å². The lowest BCUT2D eigenvalue weighted by Gasteiger charge is -2.05. The SMILES string of the molecule is CCCOc1ccc(C(=O)N/N=C\c2cc3c(cc2Br)OCO3)cc1. The summed E-state index contributed by atoms with van der Waals surface area (Å²) in [6.45, 7) is 2.90. The Labute approximate surface area is 153 Å². The van der Waals surface area contributed by atoms with Crippen LogP contribution in [0.25, 0.3) is 0 Å². The van der Waals surface area contributed by atoms with Gasteiger partial charge in [-0.1, -0.05) is 6.92 Å². The third-order valence-corrected chi connectivity index (χ3v) is 4.14. The van der Waals surface area contributed by atoms with Crippen LogP contribution in [0.15, 0.2) is 46.0 Å². The summed E-state index contributed by atoms with van der Waals surface area (Å²) in [6.07, 6.45) is 2.48. The van der Waals surface area contributed by atoms with E-state index in [0.29, 0.717) is 23.7 Å². The molecule has 0 unspecified atom stereocenters. The van der Waals surface area contributed by atoms with Gasteiger partial charge in [-0.3, -0.25) is 4.79 Å². The smallest absolute Gasteiger partial charge is 0.271 e. The molecule has 1 heterocycles. The fourth-order valence-corrected chi connectivity index (χ4v) is 2.60. The van der Waals surface area contributed by atoms with Crippen molar-refractivity contribution in [1.82, 2.24) is 5.43 Å². The zero-order valence-corrected chi connectivity index (χ0v) is 15.2. The van der Waals surface area contributed by atoms with Crippen molar-refractivity contribution in [2.45, 2.75) is 13.3 Å². The van der Waals surface area contributed by atoms with Crippen LogP contribution in [-0.2, 0) is 0 Å². The lowest BCUT2D eigenvalue weighted by molar-refractivity contribution is 0.0955. The van der Waals surface area contributed by atoms with Crippen molar-refractivity contribution in [3.8, 4) is 17.2 Å². The van der Waals surface area contributed by atoms with E-state index in [1.165, 1.54) is 0 Å². The van der Waals surface area contributed by atoms with E-state index < -0.39 is 0 Å². The van der Waals surface area contributed by atoms with Crippen molar-refractivity contribution in [1.29, 1.82) is 0 Å². The van der Waals surface area contributed by atoms with Gasteiger partial charge in [0.05, 0.1) is 12.8 Å². The first-order valence-electron chi connectivity index (χ1n) is 7.83. The minimum atomic E-state index is -0.296. The van der Waals surface area contributed by atoms with Gasteiger partial charge in [-0.05, 0) is 58.7 Å². The van der Waals surface area contributed by atoms with E-state index in [1.807, 2.05) is 6.92 Å². The number of amides is 1. The first-order chi connectivity index (χ1) is 12.2. The maximum absolute atomic E-state index is 12.1. The average molecular weight is 405 g/mol. The van der Waals surface area contributed by atoms with Crippen LogP contribution in [0.1, 0.15) is 29.3 Å². The van der Waals surface area contributed by atoms with Gasteiger partial charge in [0, 0.05) is 15.6 Å². The molecule has 0 saturated heterocycles. The van der Waals surface area contributed by atoms with Crippen LogP contribution < -0.4 is 19.6 Å². The molecule has 0 radical (unpaired) electrons. The second kappa shape index (κ2) is 8.02. The number of ether oxygens (including phenoxy) is 3. The zero-order chi connectivity index (χ0) is 17.6. The van der Waals surface area contributed by atoms with Gasteiger partial charge in [0.2, 0.25) is 6.79 Å². The quantitative estimate of drug-likeness (QED) is 0.588. The number of carbonyl (C=O) groups excluding carboxylic acids is 1. The maximum Gasteiger partial charge on any atom is 0.271 e. The topological polar surface area (TPSA) is 69.2 Å². The summed E-state index contributed by atoms with van der Waals surface area (Å²) in [5, 5.41) is 3.99. The molecule has 1 aliphatic rings. The predicted molar refractivity (Wildman–Crippen MR) is 97.6 cm³/mol. The van der Waals surface area contributed by atoms with Gasteiger partial charge >= 0.3 is 0 Å². The van der Waals surface area contributed by atoms with E-state index in [1.54, 1.807) is 42.6 Å². The number of nitrogens with zero attached hydrogens (tertiary/aromatic N) is 1. The molecule has 7 heteroatoms. The van der Waals surface area contributed by atoms with Crippen molar-refractivity contribution in [3.05, 3.63) is 52.0 Å². The molecule has 130 valence electrons. The normalized spacial score (nSPS) is 12.4. The molecular weight excluding hydrogens is 388 g/mol. The number of benzene rings is 2. The molecule has 0 bridgehead atoms. The highest BCUT2D eigenvalue weighted by Crippen LogP contribution is 2.36. The molecule has 0 spiro atoms. The molecule has 0 atom stereocenters. The highest BCUT2D eigenvalue weighted by atomic mass is 79.9. The van der Waals surface area contributed by atoms with Crippen LogP contribution in [0.2, 0.25) is 0 Å². The van der Waals surface area contributed by atoms with Gasteiger partial charge in [-0.15, -0.1) is 0 Å². The standard InChI is InChI=1S/C18H17BrN2O4/c1-2-7-23-14-5-3-12(4-6-14)18(22)21-20-10-13-8-16-17(9-15(13)19)25-11-24-16/h3-6,8-10H,2,7,11H2,1H3,(H,21,22)/b20-10-. The Morgan fingerprint density at radius 2 is 2.00 bits per heavy atom. The monoisotopic (exact) mass is 404 g/mol. The van der Waals surface area contributed by atoms with Gasteiger partial charge in [0.1, 0.15) is 5.75 Å². The van der Waals surface area contributed by atoms with E-state index in [9.17, 15) is 4.79 Å².